The summed E-state index contributed by atoms with van der Waals surface area (Å²) in [4.78, 5) is 27.7. The minimum atomic E-state index is -0.660. The Morgan fingerprint density at radius 2 is 1.72 bits per heavy atom. The van der Waals surface area contributed by atoms with Crippen LogP contribution in [0.15, 0.2) is 42.5 Å². The van der Waals surface area contributed by atoms with Gasteiger partial charge in [-0.15, -0.1) is 0 Å². The quantitative estimate of drug-likeness (QED) is 0.485. The number of benzene rings is 2. The van der Waals surface area contributed by atoms with Crippen molar-refractivity contribution < 1.29 is 19.1 Å². The van der Waals surface area contributed by atoms with E-state index in [-0.39, 0.29) is 31.0 Å². The third-order valence-corrected chi connectivity index (χ3v) is 5.88. The minimum Gasteiger partial charge on any atom is -0.493 e. The third-order valence-electron chi connectivity index (χ3n) is 5.14. The van der Waals surface area contributed by atoms with Crippen molar-refractivity contribution in [3.05, 3.63) is 58.1 Å². The van der Waals surface area contributed by atoms with E-state index in [0.29, 0.717) is 28.0 Å². The molecular weight excluding hydrogens is 451 g/mol. The summed E-state index contributed by atoms with van der Waals surface area (Å²) >= 11 is 12.2. The van der Waals surface area contributed by atoms with Crippen molar-refractivity contribution in [1.82, 2.24) is 10.2 Å². The van der Waals surface area contributed by atoms with E-state index in [9.17, 15) is 9.59 Å². The van der Waals surface area contributed by atoms with Crippen molar-refractivity contribution in [2.75, 3.05) is 13.7 Å². The van der Waals surface area contributed by atoms with Crippen LogP contribution >= 0.6 is 23.2 Å². The lowest BCUT2D eigenvalue weighted by molar-refractivity contribution is -0.143. The fourth-order valence-corrected chi connectivity index (χ4v) is 3.48. The first-order valence-electron chi connectivity index (χ1n) is 10.6. The molecule has 0 aromatic heterocycles. The lowest BCUT2D eigenvalue weighted by Crippen LogP contribution is -2.51. The van der Waals surface area contributed by atoms with Gasteiger partial charge in [0.05, 0.1) is 17.2 Å². The SMILES string of the molecule is CC[C@@H](C)NC(=O)[C@H](CC)N(Cc1ccc(Cl)c(Cl)c1)C(=O)COc1ccccc1OC. The highest BCUT2D eigenvalue weighted by Gasteiger charge is 2.29. The second-order valence-corrected chi connectivity index (χ2v) is 8.27. The Hall–Kier alpha value is -2.44. The van der Waals surface area contributed by atoms with Crippen LogP contribution in [0.25, 0.3) is 0 Å². The van der Waals surface area contributed by atoms with E-state index < -0.39 is 6.04 Å². The molecule has 0 unspecified atom stereocenters. The van der Waals surface area contributed by atoms with Crippen LogP contribution in [0.5, 0.6) is 11.5 Å². The van der Waals surface area contributed by atoms with Crippen molar-refractivity contribution in [1.29, 1.82) is 0 Å². The van der Waals surface area contributed by atoms with Gasteiger partial charge < -0.3 is 19.7 Å². The van der Waals surface area contributed by atoms with Crippen LogP contribution in [0, 0.1) is 0 Å². The molecule has 0 saturated carbocycles. The highest BCUT2D eigenvalue weighted by molar-refractivity contribution is 6.42. The maximum absolute atomic E-state index is 13.3. The number of nitrogens with zero attached hydrogens (tertiary/aromatic N) is 1. The maximum Gasteiger partial charge on any atom is 0.261 e. The summed E-state index contributed by atoms with van der Waals surface area (Å²) in [6.07, 6.45) is 1.24. The lowest BCUT2D eigenvalue weighted by Gasteiger charge is -2.31. The van der Waals surface area contributed by atoms with Gasteiger partial charge in [-0.05, 0) is 49.6 Å². The van der Waals surface area contributed by atoms with Gasteiger partial charge in [-0.2, -0.15) is 0 Å². The second-order valence-electron chi connectivity index (χ2n) is 7.45. The molecule has 2 atom stereocenters. The van der Waals surface area contributed by atoms with E-state index in [1.165, 1.54) is 12.0 Å². The van der Waals surface area contributed by atoms with Gasteiger partial charge in [-0.1, -0.05) is 55.2 Å². The molecule has 2 amide bonds. The molecule has 0 heterocycles. The minimum absolute atomic E-state index is 0.00306. The third kappa shape index (κ3) is 7.04. The molecule has 6 nitrogen and oxygen atoms in total. The van der Waals surface area contributed by atoms with Gasteiger partial charge in [0.2, 0.25) is 5.91 Å². The molecule has 0 saturated heterocycles. The smallest absolute Gasteiger partial charge is 0.261 e. The van der Waals surface area contributed by atoms with E-state index in [2.05, 4.69) is 5.32 Å². The second kappa shape index (κ2) is 12.6. The number of ether oxygens (including phenoxy) is 2. The number of carbonyl (C=O) groups is 2. The van der Waals surface area contributed by atoms with Crippen LogP contribution < -0.4 is 14.8 Å². The van der Waals surface area contributed by atoms with Crippen LogP contribution in [-0.4, -0.2) is 42.5 Å². The molecule has 0 aliphatic rings. The van der Waals surface area contributed by atoms with Crippen molar-refractivity contribution in [3.63, 3.8) is 0 Å². The average molecular weight is 481 g/mol. The topological polar surface area (TPSA) is 67.9 Å². The fraction of sp³-hybridized carbons (Fsp3) is 0.417. The monoisotopic (exact) mass is 480 g/mol. The number of hydrogen-bond acceptors (Lipinski definition) is 4. The summed E-state index contributed by atoms with van der Waals surface area (Å²) < 4.78 is 11.0. The molecule has 1 N–H and O–H groups in total. The Morgan fingerprint density at radius 1 is 1.03 bits per heavy atom. The molecule has 0 aliphatic carbocycles. The van der Waals surface area contributed by atoms with E-state index in [1.54, 1.807) is 36.4 Å². The van der Waals surface area contributed by atoms with Crippen LogP contribution in [0.3, 0.4) is 0 Å². The average Bonchev–Trinajstić information content (AvgIpc) is 2.79. The highest BCUT2D eigenvalue weighted by Crippen LogP contribution is 2.27. The zero-order valence-electron chi connectivity index (χ0n) is 18.9. The number of methoxy groups -OCH3 is 1. The van der Waals surface area contributed by atoms with Gasteiger partial charge in [-0.25, -0.2) is 0 Å². The molecule has 8 heteroatoms. The van der Waals surface area contributed by atoms with Crippen molar-refractivity contribution in [3.8, 4) is 11.5 Å². The number of halogens is 2. The maximum atomic E-state index is 13.3. The van der Waals surface area contributed by atoms with Gasteiger partial charge >= 0.3 is 0 Å². The number of rotatable bonds is 11. The summed E-state index contributed by atoms with van der Waals surface area (Å²) in [5, 5.41) is 3.79. The Morgan fingerprint density at radius 3 is 2.31 bits per heavy atom. The van der Waals surface area contributed by atoms with Crippen molar-refractivity contribution in [2.45, 2.75) is 52.2 Å². The largest absolute Gasteiger partial charge is 0.493 e. The summed E-state index contributed by atoms with van der Waals surface area (Å²) in [5.41, 5.74) is 0.764. The molecule has 0 bridgehead atoms. The molecule has 2 aromatic carbocycles. The standard InChI is InChI=1S/C24H30Cl2N2O4/c1-5-16(3)27-24(30)20(6-2)28(14-17-11-12-18(25)19(26)13-17)23(29)15-32-22-10-8-7-9-21(22)31-4/h7-13,16,20H,5-6,14-15H2,1-4H3,(H,27,30)/t16-,20+/m1/s1. The normalized spacial score (nSPS) is 12.6. The molecule has 0 spiro atoms. The summed E-state index contributed by atoms with van der Waals surface area (Å²) in [6.45, 7) is 5.75. The fourth-order valence-electron chi connectivity index (χ4n) is 3.16. The molecule has 0 fully saturated rings. The highest BCUT2D eigenvalue weighted by atomic mass is 35.5. The molecule has 2 rings (SSSR count). The Labute approximate surface area is 199 Å². The van der Waals surface area contributed by atoms with Crippen LogP contribution in [0.2, 0.25) is 10.0 Å². The van der Waals surface area contributed by atoms with Crippen LogP contribution in [0.1, 0.15) is 39.2 Å². The van der Waals surface area contributed by atoms with Crippen molar-refractivity contribution in [2.24, 2.45) is 0 Å². The van der Waals surface area contributed by atoms with Gasteiger partial charge in [0.1, 0.15) is 6.04 Å². The lowest BCUT2D eigenvalue weighted by atomic mass is 10.1. The molecular formula is C24H30Cl2N2O4. The number of amides is 2. The molecule has 174 valence electrons. The zero-order valence-corrected chi connectivity index (χ0v) is 20.4. The first kappa shape index (κ1) is 25.8. The Balaban J connectivity index is 2.27. The predicted octanol–water partition coefficient (Wildman–Crippen LogP) is 5.10. The van der Waals surface area contributed by atoms with E-state index in [1.807, 2.05) is 26.8 Å². The summed E-state index contributed by atoms with van der Waals surface area (Å²) in [6, 6.07) is 11.6. The number of hydrogen-bond donors (Lipinski definition) is 1. The van der Waals surface area contributed by atoms with E-state index in [0.717, 1.165) is 12.0 Å². The van der Waals surface area contributed by atoms with Crippen LogP contribution in [-0.2, 0) is 16.1 Å². The summed E-state index contributed by atoms with van der Waals surface area (Å²) in [5.74, 6) is 0.452. The van der Waals surface area contributed by atoms with E-state index >= 15 is 0 Å². The number of nitrogens with one attached hydrogen (secondary N) is 1. The molecule has 2 aromatic rings. The Kier molecular flexibility index (Phi) is 10.1. The Bertz CT molecular complexity index is 923. The molecule has 32 heavy (non-hydrogen) atoms. The molecule has 0 aliphatic heterocycles. The van der Waals surface area contributed by atoms with Gasteiger partial charge in [0, 0.05) is 12.6 Å². The van der Waals surface area contributed by atoms with Gasteiger partial charge in [0.15, 0.2) is 18.1 Å². The number of carbonyl (C=O) groups excluding carboxylic acids is 2. The zero-order chi connectivity index (χ0) is 23.7. The van der Waals surface area contributed by atoms with Gasteiger partial charge in [-0.3, -0.25) is 9.59 Å². The predicted molar refractivity (Wildman–Crippen MR) is 127 cm³/mol. The molecule has 0 radical (unpaired) electrons. The first-order chi connectivity index (χ1) is 15.3. The van der Waals surface area contributed by atoms with E-state index in [4.69, 9.17) is 32.7 Å². The first-order valence-corrected chi connectivity index (χ1v) is 11.4. The summed E-state index contributed by atoms with van der Waals surface area (Å²) in [7, 11) is 1.53. The van der Waals surface area contributed by atoms with Gasteiger partial charge in [0.25, 0.3) is 5.91 Å². The van der Waals surface area contributed by atoms with Crippen LogP contribution in [0.4, 0.5) is 0 Å². The van der Waals surface area contributed by atoms with Crippen molar-refractivity contribution >= 4 is 35.0 Å². The number of para-hydroxylation sites is 2.